The number of Topliss-reactive ketones (excluding diaryl/α,β-unsaturated/α-hetero) is 1. The van der Waals surface area contributed by atoms with E-state index in [1.807, 2.05) is 0 Å². The lowest BCUT2D eigenvalue weighted by atomic mass is 9.91. The van der Waals surface area contributed by atoms with Gasteiger partial charge in [0.25, 0.3) is 0 Å². The summed E-state index contributed by atoms with van der Waals surface area (Å²) in [7, 11) is 4.50. The summed E-state index contributed by atoms with van der Waals surface area (Å²) in [6, 6.07) is 11.6. The van der Waals surface area contributed by atoms with Gasteiger partial charge in [0.05, 0.1) is 21.3 Å². The van der Waals surface area contributed by atoms with E-state index < -0.39 is 17.7 Å². The van der Waals surface area contributed by atoms with Crippen LogP contribution in [0.1, 0.15) is 17.0 Å². The van der Waals surface area contributed by atoms with Crippen LogP contribution in [0.3, 0.4) is 0 Å². The maximum Gasteiger partial charge on any atom is 0.318 e. The van der Waals surface area contributed by atoms with E-state index in [2.05, 4.69) is 0 Å². The number of rotatable bonds is 8. The summed E-state index contributed by atoms with van der Waals surface area (Å²) in [6.07, 6.45) is 0.00923. The van der Waals surface area contributed by atoms with E-state index in [1.54, 1.807) is 43.5 Å². The van der Waals surface area contributed by atoms with Gasteiger partial charge in [-0.2, -0.15) is 0 Å². The molecule has 2 aromatic rings. The van der Waals surface area contributed by atoms with E-state index >= 15 is 0 Å². The van der Waals surface area contributed by atoms with E-state index in [0.717, 1.165) is 5.56 Å². The molecule has 0 saturated carbocycles. The van der Waals surface area contributed by atoms with Crippen molar-refractivity contribution in [1.29, 1.82) is 0 Å². The van der Waals surface area contributed by atoms with Crippen LogP contribution in [0.2, 0.25) is 0 Å². The summed E-state index contributed by atoms with van der Waals surface area (Å²) in [5.74, 6) is -1.37. The van der Waals surface area contributed by atoms with Crippen molar-refractivity contribution < 1.29 is 28.9 Å². The van der Waals surface area contributed by atoms with Crippen molar-refractivity contribution in [1.82, 2.24) is 0 Å². The third-order valence-electron chi connectivity index (χ3n) is 3.85. The molecule has 0 heterocycles. The largest absolute Gasteiger partial charge is 0.497 e. The molecule has 0 saturated heterocycles. The van der Waals surface area contributed by atoms with Crippen LogP contribution in [0.15, 0.2) is 42.5 Å². The van der Waals surface area contributed by atoms with Crippen molar-refractivity contribution in [2.24, 2.45) is 0 Å². The molecule has 0 aliphatic carbocycles. The average Bonchev–Trinajstić information content (AvgIpc) is 2.62. The third-order valence-corrected chi connectivity index (χ3v) is 3.85. The Labute approximate surface area is 146 Å². The minimum absolute atomic E-state index is 0.00923. The number of aliphatic carboxylic acids is 1. The molecule has 1 N–H and O–H groups in total. The summed E-state index contributed by atoms with van der Waals surface area (Å²) < 4.78 is 15.4. The molecule has 0 spiro atoms. The van der Waals surface area contributed by atoms with Gasteiger partial charge in [-0.05, 0) is 35.4 Å². The predicted molar refractivity (Wildman–Crippen MR) is 91.6 cm³/mol. The standard InChI is InChI=1S/C19H20O6/c1-23-14-7-4-12(5-8-14)10-15(20)18(19(21)22)13-6-9-16(24-2)17(11-13)25-3/h4-9,11,18H,10H2,1-3H3,(H,21,22). The van der Waals surface area contributed by atoms with Gasteiger partial charge in [-0.3, -0.25) is 9.59 Å². The zero-order valence-electron chi connectivity index (χ0n) is 14.3. The summed E-state index contributed by atoms with van der Waals surface area (Å²) in [4.78, 5) is 24.3. The molecule has 1 unspecified atom stereocenters. The Morgan fingerprint density at radius 2 is 1.56 bits per heavy atom. The molecule has 1 atom stereocenters. The fourth-order valence-electron chi connectivity index (χ4n) is 2.55. The van der Waals surface area contributed by atoms with Gasteiger partial charge in [-0.25, -0.2) is 0 Å². The molecule has 0 radical (unpaired) electrons. The average molecular weight is 344 g/mol. The molecule has 2 aromatic carbocycles. The molecule has 25 heavy (non-hydrogen) atoms. The first kappa shape index (κ1) is 18.3. The first-order chi connectivity index (χ1) is 12.0. The molecule has 0 bridgehead atoms. The number of ether oxygens (including phenoxy) is 3. The van der Waals surface area contributed by atoms with Crippen molar-refractivity contribution in [2.45, 2.75) is 12.3 Å². The molecule has 0 fully saturated rings. The lowest BCUT2D eigenvalue weighted by Crippen LogP contribution is -2.23. The number of carboxylic acids is 1. The Morgan fingerprint density at radius 3 is 2.08 bits per heavy atom. The van der Waals surface area contributed by atoms with Gasteiger partial charge >= 0.3 is 5.97 Å². The van der Waals surface area contributed by atoms with Crippen molar-refractivity contribution in [3.05, 3.63) is 53.6 Å². The van der Waals surface area contributed by atoms with Crippen LogP contribution < -0.4 is 14.2 Å². The van der Waals surface area contributed by atoms with Crippen molar-refractivity contribution in [3.8, 4) is 17.2 Å². The quantitative estimate of drug-likeness (QED) is 0.742. The number of carboxylic acid groups (broad SMARTS) is 1. The molecule has 0 aliphatic rings. The normalized spacial score (nSPS) is 11.5. The SMILES string of the molecule is COc1ccc(CC(=O)C(C(=O)O)c2ccc(OC)c(OC)c2)cc1. The zero-order valence-corrected chi connectivity index (χ0v) is 14.3. The fraction of sp³-hybridized carbons (Fsp3) is 0.263. The van der Waals surface area contributed by atoms with Crippen LogP contribution in [0.5, 0.6) is 17.2 Å². The molecule has 0 aromatic heterocycles. The van der Waals surface area contributed by atoms with Crippen LogP contribution in [0, 0.1) is 0 Å². The zero-order chi connectivity index (χ0) is 18.4. The van der Waals surface area contributed by atoms with Gasteiger partial charge in [-0.15, -0.1) is 0 Å². The minimum Gasteiger partial charge on any atom is -0.497 e. The van der Waals surface area contributed by atoms with Crippen LogP contribution in [-0.2, 0) is 16.0 Å². The van der Waals surface area contributed by atoms with Gasteiger partial charge in [0.2, 0.25) is 0 Å². The number of hydrogen-bond acceptors (Lipinski definition) is 5. The molecular formula is C19H20O6. The van der Waals surface area contributed by atoms with Gasteiger partial charge in [0.1, 0.15) is 11.7 Å². The number of hydrogen-bond donors (Lipinski definition) is 1. The Balaban J connectivity index is 2.27. The second-order valence-electron chi connectivity index (χ2n) is 5.38. The smallest absolute Gasteiger partial charge is 0.318 e. The molecule has 0 aliphatic heterocycles. The van der Waals surface area contributed by atoms with E-state index in [-0.39, 0.29) is 6.42 Å². The Hall–Kier alpha value is -3.02. The number of methoxy groups -OCH3 is 3. The molecule has 0 amide bonds. The first-order valence-corrected chi connectivity index (χ1v) is 7.60. The lowest BCUT2D eigenvalue weighted by molar-refractivity contribution is -0.142. The van der Waals surface area contributed by atoms with Gasteiger partial charge in [0.15, 0.2) is 17.3 Å². The topological polar surface area (TPSA) is 82.1 Å². The highest BCUT2D eigenvalue weighted by Crippen LogP contribution is 2.31. The minimum atomic E-state index is -1.28. The highest BCUT2D eigenvalue weighted by molar-refractivity contribution is 6.04. The maximum atomic E-state index is 12.6. The predicted octanol–water partition coefficient (Wildman–Crippen LogP) is 2.69. The summed E-state index contributed by atoms with van der Waals surface area (Å²) >= 11 is 0. The molecular weight excluding hydrogens is 324 g/mol. The van der Waals surface area contributed by atoms with Crippen molar-refractivity contribution >= 4 is 11.8 Å². The molecule has 6 nitrogen and oxygen atoms in total. The molecule has 6 heteroatoms. The monoisotopic (exact) mass is 344 g/mol. The van der Waals surface area contributed by atoms with Crippen molar-refractivity contribution in [3.63, 3.8) is 0 Å². The third kappa shape index (κ3) is 4.29. The Morgan fingerprint density at radius 1 is 0.920 bits per heavy atom. The van der Waals surface area contributed by atoms with E-state index in [1.165, 1.54) is 20.3 Å². The van der Waals surface area contributed by atoms with Crippen LogP contribution >= 0.6 is 0 Å². The van der Waals surface area contributed by atoms with E-state index in [9.17, 15) is 14.7 Å². The number of carbonyl (C=O) groups is 2. The van der Waals surface area contributed by atoms with E-state index in [4.69, 9.17) is 14.2 Å². The molecule has 132 valence electrons. The Kier molecular flexibility index (Phi) is 6.00. The highest BCUT2D eigenvalue weighted by Gasteiger charge is 2.29. The number of benzene rings is 2. The van der Waals surface area contributed by atoms with Gasteiger partial charge in [0, 0.05) is 6.42 Å². The van der Waals surface area contributed by atoms with Crippen LogP contribution in [0.25, 0.3) is 0 Å². The van der Waals surface area contributed by atoms with Gasteiger partial charge < -0.3 is 19.3 Å². The van der Waals surface area contributed by atoms with Crippen LogP contribution in [-0.4, -0.2) is 38.2 Å². The van der Waals surface area contributed by atoms with Gasteiger partial charge in [-0.1, -0.05) is 18.2 Å². The molecule has 2 rings (SSSR count). The van der Waals surface area contributed by atoms with Crippen LogP contribution in [0.4, 0.5) is 0 Å². The Bertz CT molecular complexity index is 751. The second-order valence-corrected chi connectivity index (χ2v) is 5.38. The van der Waals surface area contributed by atoms with Crippen molar-refractivity contribution in [2.75, 3.05) is 21.3 Å². The maximum absolute atomic E-state index is 12.6. The van der Waals surface area contributed by atoms with E-state index in [0.29, 0.717) is 22.8 Å². The highest BCUT2D eigenvalue weighted by atomic mass is 16.5. The summed E-state index contributed by atoms with van der Waals surface area (Å²) in [6.45, 7) is 0. The summed E-state index contributed by atoms with van der Waals surface area (Å²) in [5, 5.41) is 9.53. The fourth-order valence-corrected chi connectivity index (χ4v) is 2.55. The summed E-state index contributed by atoms with van der Waals surface area (Å²) in [5.41, 5.74) is 1.07. The number of carbonyl (C=O) groups excluding carboxylic acids is 1. The second kappa shape index (κ2) is 8.19. The lowest BCUT2D eigenvalue weighted by Gasteiger charge is -2.15. The first-order valence-electron chi connectivity index (χ1n) is 7.60. The number of ketones is 1.